The van der Waals surface area contributed by atoms with E-state index in [1.54, 1.807) is 18.2 Å². The summed E-state index contributed by atoms with van der Waals surface area (Å²) in [5.41, 5.74) is 4.19. The van der Waals surface area contributed by atoms with Crippen molar-refractivity contribution >= 4 is 6.03 Å². The number of ether oxygens (including phenoxy) is 1. The van der Waals surface area contributed by atoms with Gasteiger partial charge in [0.15, 0.2) is 0 Å². The van der Waals surface area contributed by atoms with Crippen molar-refractivity contribution in [1.29, 1.82) is 0 Å². The van der Waals surface area contributed by atoms with E-state index in [-0.39, 0.29) is 6.03 Å². The van der Waals surface area contributed by atoms with E-state index in [0.29, 0.717) is 19.6 Å². The second-order valence-corrected chi connectivity index (χ2v) is 5.77. The van der Waals surface area contributed by atoms with Gasteiger partial charge in [-0.3, -0.25) is 4.98 Å². The summed E-state index contributed by atoms with van der Waals surface area (Å²) in [6, 6.07) is 9.74. The van der Waals surface area contributed by atoms with E-state index in [4.69, 9.17) is 4.74 Å². The predicted molar refractivity (Wildman–Crippen MR) is 95.0 cm³/mol. The monoisotopic (exact) mass is 327 g/mol. The highest BCUT2D eigenvalue weighted by molar-refractivity contribution is 5.74. The molecular weight excluding hydrogens is 302 g/mol. The molecule has 0 saturated carbocycles. The third-order valence-corrected chi connectivity index (χ3v) is 4.02. The lowest BCUT2D eigenvalue weighted by molar-refractivity contribution is 0.197. The summed E-state index contributed by atoms with van der Waals surface area (Å²) in [6.45, 7) is 7.62. The normalized spacial score (nSPS) is 10.3. The molecule has 2 aromatic rings. The van der Waals surface area contributed by atoms with E-state index in [0.717, 1.165) is 28.1 Å². The maximum absolute atomic E-state index is 12.4. The van der Waals surface area contributed by atoms with Crippen molar-refractivity contribution in [2.24, 2.45) is 0 Å². The quantitative estimate of drug-likeness (QED) is 0.884. The minimum absolute atomic E-state index is 0.0847. The van der Waals surface area contributed by atoms with Crippen LogP contribution in [-0.2, 0) is 13.1 Å². The molecule has 1 heterocycles. The Bertz CT molecular complexity index is 701. The average Bonchev–Trinajstić information content (AvgIpc) is 2.60. The molecule has 5 heteroatoms. The highest BCUT2D eigenvalue weighted by Gasteiger charge is 2.12. The molecule has 0 radical (unpaired) electrons. The fourth-order valence-corrected chi connectivity index (χ4v) is 2.41. The van der Waals surface area contributed by atoms with Gasteiger partial charge in [-0.05, 0) is 49.6 Å². The molecule has 0 spiro atoms. The lowest BCUT2D eigenvalue weighted by Crippen LogP contribution is -2.39. The number of carbonyl (C=O) groups excluding carboxylic acids is 1. The van der Waals surface area contributed by atoms with Crippen molar-refractivity contribution < 1.29 is 9.53 Å². The first kappa shape index (κ1) is 17.8. The Morgan fingerprint density at radius 1 is 1.25 bits per heavy atom. The summed E-state index contributed by atoms with van der Waals surface area (Å²) in [4.78, 5) is 18.5. The second-order valence-electron chi connectivity index (χ2n) is 5.77. The number of aromatic nitrogens is 1. The Labute approximate surface area is 143 Å². The Hall–Kier alpha value is -2.56. The molecule has 0 saturated heterocycles. The first-order chi connectivity index (χ1) is 11.5. The molecule has 2 rings (SSSR count). The number of hydrogen-bond acceptors (Lipinski definition) is 3. The predicted octanol–water partition coefficient (Wildman–Crippen LogP) is 3.44. The molecule has 1 N–H and O–H groups in total. The molecule has 5 nitrogen and oxygen atoms in total. The summed E-state index contributed by atoms with van der Waals surface area (Å²) in [6.07, 6.45) is 1.81. The van der Waals surface area contributed by atoms with Crippen LogP contribution in [0.4, 0.5) is 4.79 Å². The number of carbonyl (C=O) groups is 1. The molecule has 0 atom stereocenters. The van der Waals surface area contributed by atoms with Crippen LogP contribution in [0.15, 0.2) is 36.5 Å². The average molecular weight is 327 g/mol. The van der Waals surface area contributed by atoms with Crippen molar-refractivity contribution in [2.45, 2.75) is 33.9 Å². The maximum Gasteiger partial charge on any atom is 0.317 e. The van der Waals surface area contributed by atoms with Crippen LogP contribution in [0.1, 0.15) is 29.3 Å². The lowest BCUT2D eigenvalue weighted by atomic mass is 10.1. The van der Waals surface area contributed by atoms with Crippen molar-refractivity contribution in [3.63, 3.8) is 0 Å². The third kappa shape index (κ3) is 4.72. The minimum atomic E-state index is -0.0847. The number of benzene rings is 1. The number of nitrogens with zero attached hydrogens (tertiary/aromatic N) is 2. The van der Waals surface area contributed by atoms with Crippen LogP contribution in [0.2, 0.25) is 0 Å². The number of nitrogens with one attached hydrogen (secondary N) is 1. The SMILES string of the molecule is CCN(Cc1cccc(OC)c1)C(=O)NCc1cnc(C)c(C)c1. The van der Waals surface area contributed by atoms with Crippen molar-refractivity contribution in [3.8, 4) is 5.75 Å². The van der Waals surface area contributed by atoms with Crippen molar-refractivity contribution in [2.75, 3.05) is 13.7 Å². The molecule has 1 aromatic carbocycles. The van der Waals surface area contributed by atoms with E-state index >= 15 is 0 Å². The molecular formula is C19H25N3O2. The van der Waals surface area contributed by atoms with Gasteiger partial charge in [0.05, 0.1) is 7.11 Å². The fourth-order valence-electron chi connectivity index (χ4n) is 2.41. The molecule has 0 unspecified atom stereocenters. The van der Waals surface area contributed by atoms with E-state index in [2.05, 4.69) is 16.4 Å². The van der Waals surface area contributed by atoms with Crippen LogP contribution >= 0.6 is 0 Å². The van der Waals surface area contributed by atoms with Gasteiger partial charge in [0.2, 0.25) is 0 Å². The smallest absolute Gasteiger partial charge is 0.317 e. The molecule has 0 bridgehead atoms. The minimum Gasteiger partial charge on any atom is -0.497 e. The number of methoxy groups -OCH3 is 1. The van der Waals surface area contributed by atoms with Gasteiger partial charge in [0.25, 0.3) is 0 Å². The summed E-state index contributed by atoms with van der Waals surface area (Å²) < 4.78 is 5.23. The van der Waals surface area contributed by atoms with E-state index in [1.807, 2.05) is 45.0 Å². The number of aryl methyl sites for hydroxylation is 2. The van der Waals surface area contributed by atoms with Gasteiger partial charge in [-0.25, -0.2) is 4.79 Å². The number of pyridine rings is 1. The van der Waals surface area contributed by atoms with Gasteiger partial charge in [-0.15, -0.1) is 0 Å². The Morgan fingerprint density at radius 2 is 2.04 bits per heavy atom. The van der Waals surface area contributed by atoms with Gasteiger partial charge in [-0.2, -0.15) is 0 Å². The Balaban J connectivity index is 1.96. The number of hydrogen-bond donors (Lipinski definition) is 1. The number of urea groups is 1. The second kappa shape index (κ2) is 8.34. The zero-order chi connectivity index (χ0) is 17.5. The van der Waals surface area contributed by atoms with Crippen LogP contribution in [0.25, 0.3) is 0 Å². The highest BCUT2D eigenvalue weighted by Crippen LogP contribution is 2.14. The van der Waals surface area contributed by atoms with Crippen molar-refractivity contribution in [1.82, 2.24) is 15.2 Å². The molecule has 0 fully saturated rings. The summed E-state index contributed by atoms with van der Waals surface area (Å²) >= 11 is 0. The summed E-state index contributed by atoms with van der Waals surface area (Å²) in [5.74, 6) is 0.796. The van der Waals surface area contributed by atoms with Gasteiger partial charge >= 0.3 is 6.03 Å². The van der Waals surface area contributed by atoms with Crippen LogP contribution in [0.3, 0.4) is 0 Å². The summed E-state index contributed by atoms with van der Waals surface area (Å²) in [7, 11) is 1.64. The molecule has 0 aliphatic carbocycles. The Kier molecular flexibility index (Phi) is 6.18. The highest BCUT2D eigenvalue weighted by atomic mass is 16.5. The Morgan fingerprint density at radius 3 is 2.71 bits per heavy atom. The zero-order valence-electron chi connectivity index (χ0n) is 14.8. The van der Waals surface area contributed by atoms with Crippen LogP contribution < -0.4 is 10.1 Å². The van der Waals surface area contributed by atoms with Gasteiger partial charge < -0.3 is 15.0 Å². The fraction of sp³-hybridized carbons (Fsp3) is 0.368. The van der Waals surface area contributed by atoms with E-state index < -0.39 is 0 Å². The first-order valence-electron chi connectivity index (χ1n) is 8.11. The lowest BCUT2D eigenvalue weighted by Gasteiger charge is -2.22. The third-order valence-electron chi connectivity index (χ3n) is 4.02. The standard InChI is InChI=1S/C19H25N3O2/c1-5-22(13-16-7-6-8-18(10-16)24-4)19(23)21-12-17-9-14(2)15(3)20-11-17/h6-11H,5,12-13H2,1-4H3,(H,21,23). The van der Waals surface area contributed by atoms with Crippen LogP contribution in [0.5, 0.6) is 5.75 Å². The largest absolute Gasteiger partial charge is 0.497 e. The molecule has 24 heavy (non-hydrogen) atoms. The van der Waals surface area contributed by atoms with Gasteiger partial charge in [-0.1, -0.05) is 18.2 Å². The molecule has 0 aliphatic rings. The van der Waals surface area contributed by atoms with E-state index in [1.165, 1.54) is 0 Å². The molecule has 128 valence electrons. The van der Waals surface area contributed by atoms with Gasteiger partial charge in [0, 0.05) is 31.5 Å². The first-order valence-corrected chi connectivity index (χ1v) is 8.11. The zero-order valence-corrected chi connectivity index (χ0v) is 14.8. The number of amides is 2. The summed E-state index contributed by atoms with van der Waals surface area (Å²) in [5, 5.41) is 2.96. The van der Waals surface area contributed by atoms with E-state index in [9.17, 15) is 4.79 Å². The van der Waals surface area contributed by atoms with Crippen LogP contribution in [0, 0.1) is 13.8 Å². The molecule has 2 amide bonds. The van der Waals surface area contributed by atoms with Gasteiger partial charge in [0.1, 0.15) is 5.75 Å². The number of rotatable bonds is 6. The van der Waals surface area contributed by atoms with Crippen LogP contribution in [-0.4, -0.2) is 29.6 Å². The molecule has 0 aliphatic heterocycles. The molecule has 1 aromatic heterocycles. The maximum atomic E-state index is 12.4. The topological polar surface area (TPSA) is 54.5 Å². The van der Waals surface area contributed by atoms with Crippen molar-refractivity contribution in [3.05, 3.63) is 58.9 Å².